The minimum absolute atomic E-state index is 0.526. The van der Waals surface area contributed by atoms with E-state index < -0.39 is 0 Å². The van der Waals surface area contributed by atoms with E-state index in [1.807, 2.05) is 0 Å². The van der Waals surface area contributed by atoms with Gasteiger partial charge >= 0.3 is 0 Å². The average Bonchev–Trinajstić information content (AvgIpc) is 2.85. The lowest BCUT2D eigenvalue weighted by molar-refractivity contribution is 0.552. The van der Waals surface area contributed by atoms with E-state index in [9.17, 15) is 0 Å². The van der Waals surface area contributed by atoms with E-state index in [1.54, 1.807) is 0 Å². The average molecular weight is 235 g/mol. The summed E-state index contributed by atoms with van der Waals surface area (Å²) in [5, 5.41) is 4.24. The second kappa shape index (κ2) is 5.74. The maximum atomic E-state index is 3.48. The first-order valence-corrected chi connectivity index (χ1v) is 7.27. The molecular weight excluding hydrogens is 214 g/mol. The van der Waals surface area contributed by atoms with Crippen LogP contribution in [0, 0.1) is 0 Å². The second-order valence-electron chi connectivity index (χ2n) is 4.41. The quantitative estimate of drug-likeness (QED) is 0.858. The van der Waals surface area contributed by atoms with Crippen molar-refractivity contribution in [2.24, 2.45) is 0 Å². The maximum absolute atomic E-state index is 3.48. The van der Waals surface area contributed by atoms with Crippen LogP contribution in [-0.4, -0.2) is 18.1 Å². The standard InChI is InChI=1S/C14H21NS/c1-3-11-6-8-12(9-7-11)14(15-2)13-5-4-10-16-13/h6-9,13-15H,3-5,10H2,1-2H3. The number of aryl methyl sites for hydroxylation is 1. The lowest BCUT2D eigenvalue weighted by Gasteiger charge is -2.23. The number of hydrogen-bond donors (Lipinski definition) is 1. The van der Waals surface area contributed by atoms with Gasteiger partial charge in [0.25, 0.3) is 0 Å². The molecular formula is C14H21NS. The van der Waals surface area contributed by atoms with Gasteiger partial charge in [-0.2, -0.15) is 11.8 Å². The number of hydrogen-bond acceptors (Lipinski definition) is 2. The molecule has 1 nitrogen and oxygen atoms in total. The molecule has 2 atom stereocenters. The van der Waals surface area contributed by atoms with Crippen molar-refractivity contribution >= 4 is 11.8 Å². The van der Waals surface area contributed by atoms with Crippen molar-refractivity contribution in [1.29, 1.82) is 0 Å². The highest BCUT2D eigenvalue weighted by atomic mass is 32.2. The van der Waals surface area contributed by atoms with Gasteiger partial charge in [-0.05, 0) is 43.2 Å². The van der Waals surface area contributed by atoms with Gasteiger partial charge < -0.3 is 5.32 Å². The third kappa shape index (κ3) is 2.61. The number of nitrogens with one attached hydrogen (secondary N) is 1. The summed E-state index contributed by atoms with van der Waals surface area (Å²) in [6, 6.07) is 9.63. The molecule has 1 saturated heterocycles. The van der Waals surface area contributed by atoms with Gasteiger partial charge in [0.2, 0.25) is 0 Å². The fraction of sp³-hybridized carbons (Fsp3) is 0.571. The fourth-order valence-corrected chi connectivity index (χ4v) is 3.85. The zero-order chi connectivity index (χ0) is 11.4. The van der Waals surface area contributed by atoms with E-state index in [0.29, 0.717) is 6.04 Å². The molecule has 1 N–H and O–H groups in total. The van der Waals surface area contributed by atoms with Crippen molar-refractivity contribution in [2.75, 3.05) is 12.8 Å². The molecule has 0 saturated carbocycles. The summed E-state index contributed by atoms with van der Waals surface area (Å²) in [6.07, 6.45) is 3.86. The molecule has 1 fully saturated rings. The van der Waals surface area contributed by atoms with Crippen molar-refractivity contribution in [3.05, 3.63) is 35.4 Å². The van der Waals surface area contributed by atoms with Gasteiger partial charge in [-0.25, -0.2) is 0 Å². The summed E-state index contributed by atoms with van der Waals surface area (Å²) < 4.78 is 0. The molecule has 0 amide bonds. The van der Waals surface area contributed by atoms with Crippen LogP contribution in [0.25, 0.3) is 0 Å². The Labute approximate surface area is 103 Å². The first-order chi connectivity index (χ1) is 7.85. The second-order valence-corrected chi connectivity index (χ2v) is 5.76. The third-order valence-electron chi connectivity index (χ3n) is 3.39. The van der Waals surface area contributed by atoms with Crippen LogP contribution in [0.4, 0.5) is 0 Å². The Balaban J connectivity index is 2.12. The van der Waals surface area contributed by atoms with Crippen LogP contribution < -0.4 is 5.32 Å². The van der Waals surface area contributed by atoms with Gasteiger partial charge in [-0.3, -0.25) is 0 Å². The fourth-order valence-electron chi connectivity index (χ4n) is 2.39. The monoisotopic (exact) mass is 235 g/mol. The molecule has 16 heavy (non-hydrogen) atoms. The molecule has 1 heterocycles. The Hall–Kier alpha value is -0.470. The van der Waals surface area contributed by atoms with E-state index in [4.69, 9.17) is 0 Å². The van der Waals surface area contributed by atoms with Gasteiger partial charge in [0.15, 0.2) is 0 Å². The third-order valence-corrected chi connectivity index (χ3v) is 4.86. The first-order valence-electron chi connectivity index (χ1n) is 6.23. The topological polar surface area (TPSA) is 12.0 Å². The van der Waals surface area contributed by atoms with Crippen LogP contribution in [0.3, 0.4) is 0 Å². The van der Waals surface area contributed by atoms with Crippen LogP contribution in [0.5, 0.6) is 0 Å². The van der Waals surface area contributed by atoms with E-state index in [-0.39, 0.29) is 0 Å². The van der Waals surface area contributed by atoms with Crippen molar-refractivity contribution in [3.63, 3.8) is 0 Å². The maximum Gasteiger partial charge on any atom is 0.0438 e. The number of rotatable bonds is 4. The Morgan fingerprint density at radius 2 is 2.12 bits per heavy atom. The predicted molar refractivity (Wildman–Crippen MR) is 73.1 cm³/mol. The van der Waals surface area contributed by atoms with Gasteiger partial charge in [-0.1, -0.05) is 31.2 Å². The van der Waals surface area contributed by atoms with E-state index in [2.05, 4.69) is 55.3 Å². The summed E-state index contributed by atoms with van der Waals surface area (Å²) in [7, 11) is 2.08. The summed E-state index contributed by atoms with van der Waals surface area (Å²) >= 11 is 2.12. The van der Waals surface area contributed by atoms with Gasteiger partial charge in [-0.15, -0.1) is 0 Å². The molecule has 0 spiro atoms. The molecule has 2 rings (SSSR count). The zero-order valence-electron chi connectivity index (χ0n) is 10.2. The summed E-state index contributed by atoms with van der Waals surface area (Å²) in [5.41, 5.74) is 2.87. The van der Waals surface area contributed by atoms with E-state index >= 15 is 0 Å². The predicted octanol–water partition coefficient (Wildman–Crippen LogP) is 3.41. The Kier molecular flexibility index (Phi) is 4.30. The summed E-state index contributed by atoms with van der Waals surface area (Å²) in [6.45, 7) is 2.21. The molecule has 0 aromatic heterocycles. The lowest BCUT2D eigenvalue weighted by Crippen LogP contribution is -2.25. The molecule has 0 radical (unpaired) electrons. The molecule has 88 valence electrons. The van der Waals surface area contributed by atoms with Crippen LogP contribution in [0.1, 0.15) is 36.9 Å². The molecule has 1 aliphatic rings. The SMILES string of the molecule is CCc1ccc(C(NC)C2CCCS2)cc1. The minimum Gasteiger partial charge on any atom is -0.312 e. The number of benzene rings is 1. The number of thioether (sulfide) groups is 1. The van der Waals surface area contributed by atoms with Crippen LogP contribution in [-0.2, 0) is 6.42 Å². The highest BCUT2D eigenvalue weighted by molar-refractivity contribution is 8.00. The highest BCUT2D eigenvalue weighted by Crippen LogP contribution is 2.35. The normalized spacial score (nSPS) is 22.2. The van der Waals surface area contributed by atoms with Crippen LogP contribution in [0.15, 0.2) is 24.3 Å². The van der Waals surface area contributed by atoms with Crippen molar-refractivity contribution < 1.29 is 0 Å². The van der Waals surface area contributed by atoms with Gasteiger partial charge in [0.05, 0.1) is 0 Å². The van der Waals surface area contributed by atoms with Gasteiger partial charge in [0.1, 0.15) is 0 Å². The summed E-state index contributed by atoms with van der Waals surface area (Å²) in [4.78, 5) is 0. The smallest absolute Gasteiger partial charge is 0.0438 e. The summed E-state index contributed by atoms with van der Waals surface area (Å²) in [5.74, 6) is 1.33. The zero-order valence-corrected chi connectivity index (χ0v) is 11.0. The van der Waals surface area contributed by atoms with Crippen molar-refractivity contribution in [3.8, 4) is 0 Å². The molecule has 0 bridgehead atoms. The molecule has 2 unspecified atom stereocenters. The first kappa shape index (κ1) is 12.0. The molecule has 1 aromatic carbocycles. The minimum atomic E-state index is 0.526. The lowest BCUT2D eigenvalue weighted by atomic mass is 9.99. The largest absolute Gasteiger partial charge is 0.312 e. The van der Waals surface area contributed by atoms with Crippen molar-refractivity contribution in [2.45, 2.75) is 37.5 Å². The molecule has 2 heteroatoms. The van der Waals surface area contributed by atoms with Crippen LogP contribution in [0.2, 0.25) is 0 Å². The van der Waals surface area contributed by atoms with Gasteiger partial charge in [0, 0.05) is 11.3 Å². The van der Waals surface area contributed by atoms with Crippen molar-refractivity contribution in [1.82, 2.24) is 5.32 Å². The highest BCUT2D eigenvalue weighted by Gasteiger charge is 2.25. The van der Waals surface area contributed by atoms with E-state index in [1.165, 1.54) is 29.7 Å². The van der Waals surface area contributed by atoms with E-state index in [0.717, 1.165) is 11.7 Å². The molecule has 1 aliphatic heterocycles. The Bertz CT molecular complexity index is 314. The molecule has 0 aliphatic carbocycles. The molecule has 1 aromatic rings. The Morgan fingerprint density at radius 1 is 1.38 bits per heavy atom. The van der Waals surface area contributed by atoms with Crippen LogP contribution >= 0.6 is 11.8 Å². The Morgan fingerprint density at radius 3 is 2.62 bits per heavy atom.